The lowest BCUT2D eigenvalue weighted by Gasteiger charge is -2.19. The molecule has 0 spiro atoms. The Balaban J connectivity index is 3.64. The van der Waals surface area contributed by atoms with Gasteiger partial charge in [-0.05, 0) is 70.6 Å². The highest BCUT2D eigenvalue weighted by molar-refractivity contribution is 5.76. The summed E-state index contributed by atoms with van der Waals surface area (Å²) in [6.45, 7) is 4.30. The van der Waals surface area contributed by atoms with Crippen LogP contribution in [-0.4, -0.2) is 34.9 Å². The molecule has 3 N–H and O–H groups in total. The van der Waals surface area contributed by atoms with Crippen LogP contribution in [0.3, 0.4) is 0 Å². The Bertz CT molecular complexity index is 847. The van der Waals surface area contributed by atoms with Crippen LogP contribution >= 0.6 is 0 Å². The average molecular weight is 742 g/mol. The standard InChI is InChI=1S/C49H91NO3/c1-3-5-7-9-11-13-15-17-19-21-23-24-25-26-27-28-30-32-34-36-38-40-42-44-48(52)47(46-51)50-49(53)45-43-41-39-37-35-33-31-29-22-20-18-16-14-12-10-8-6-4-2/h27-29,31,34,36,42,44,47-48,51-52H,3-26,30,32-33,35,37-41,43,45-46H2,1-2H3,(H,50,53)/b28-27+,31-29-,36-34+,44-42+. The van der Waals surface area contributed by atoms with Crippen molar-refractivity contribution < 1.29 is 15.0 Å². The maximum Gasteiger partial charge on any atom is 0.220 e. The monoisotopic (exact) mass is 742 g/mol. The van der Waals surface area contributed by atoms with E-state index in [1.54, 1.807) is 6.08 Å². The molecule has 4 nitrogen and oxygen atoms in total. The Morgan fingerprint density at radius 1 is 0.434 bits per heavy atom. The van der Waals surface area contributed by atoms with E-state index in [0.717, 1.165) is 51.4 Å². The van der Waals surface area contributed by atoms with E-state index in [4.69, 9.17) is 0 Å². The predicted molar refractivity (Wildman–Crippen MR) is 235 cm³/mol. The van der Waals surface area contributed by atoms with Crippen molar-refractivity contribution in [2.24, 2.45) is 0 Å². The molecule has 0 fully saturated rings. The van der Waals surface area contributed by atoms with Gasteiger partial charge in [0.15, 0.2) is 0 Å². The number of aliphatic hydroxyl groups is 2. The molecule has 4 heteroatoms. The summed E-state index contributed by atoms with van der Waals surface area (Å²) in [4.78, 5) is 12.4. The van der Waals surface area contributed by atoms with Gasteiger partial charge >= 0.3 is 0 Å². The molecule has 1 amide bonds. The Morgan fingerprint density at radius 2 is 0.736 bits per heavy atom. The number of allylic oxidation sites excluding steroid dienone is 7. The average Bonchev–Trinajstić information content (AvgIpc) is 3.16. The summed E-state index contributed by atoms with van der Waals surface area (Å²) < 4.78 is 0. The molecule has 0 rings (SSSR count). The fourth-order valence-electron chi connectivity index (χ4n) is 6.91. The molecule has 0 saturated carbocycles. The zero-order valence-electron chi connectivity index (χ0n) is 35.5. The number of nitrogens with one attached hydrogen (secondary N) is 1. The number of carbonyl (C=O) groups excluding carboxylic acids is 1. The van der Waals surface area contributed by atoms with E-state index in [2.05, 4.69) is 55.6 Å². The number of carbonyl (C=O) groups is 1. The van der Waals surface area contributed by atoms with Crippen molar-refractivity contribution in [1.82, 2.24) is 5.32 Å². The zero-order valence-corrected chi connectivity index (χ0v) is 35.5. The van der Waals surface area contributed by atoms with Crippen LogP contribution in [0.4, 0.5) is 0 Å². The molecule has 0 aromatic heterocycles. The largest absolute Gasteiger partial charge is 0.394 e. The number of aliphatic hydroxyl groups excluding tert-OH is 2. The van der Waals surface area contributed by atoms with Crippen molar-refractivity contribution in [2.45, 2.75) is 251 Å². The first-order valence-electron chi connectivity index (χ1n) is 23.4. The lowest BCUT2D eigenvalue weighted by atomic mass is 10.0. The minimum atomic E-state index is -0.874. The van der Waals surface area contributed by atoms with Crippen LogP contribution in [0.2, 0.25) is 0 Å². The minimum Gasteiger partial charge on any atom is -0.394 e. The Kier molecular flexibility index (Phi) is 43.4. The van der Waals surface area contributed by atoms with E-state index < -0.39 is 12.1 Å². The third kappa shape index (κ3) is 41.4. The fourth-order valence-corrected chi connectivity index (χ4v) is 6.91. The fraction of sp³-hybridized carbons (Fsp3) is 0.816. The lowest BCUT2D eigenvalue weighted by Crippen LogP contribution is -2.45. The van der Waals surface area contributed by atoms with Crippen LogP contribution in [0.25, 0.3) is 0 Å². The summed E-state index contributed by atoms with van der Waals surface area (Å²) in [6, 6.07) is -0.650. The molecule has 0 aromatic carbocycles. The molecule has 2 unspecified atom stereocenters. The second-order valence-electron chi connectivity index (χ2n) is 15.8. The van der Waals surface area contributed by atoms with Crippen molar-refractivity contribution in [1.29, 1.82) is 0 Å². The molecule has 0 aliphatic heterocycles. The highest BCUT2D eigenvalue weighted by Crippen LogP contribution is 2.14. The SMILES string of the molecule is CCCCCCCCCCC/C=C\CCCCCCCC(=O)NC(CO)C(O)/C=C/CC/C=C/CC/C=C/CCCCCCCCCCCCCCC. The highest BCUT2D eigenvalue weighted by atomic mass is 16.3. The van der Waals surface area contributed by atoms with Gasteiger partial charge in [0.2, 0.25) is 5.91 Å². The zero-order chi connectivity index (χ0) is 38.6. The van der Waals surface area contributed by atoms with Crippen LogP contribution in [0.15, 0.2) is 48.6 Å². The van der Waals surface area contributed by atoms with Crippen molar-refractivity contribution in [3.05, 3.63) is 48.6 Å². The van der Waals surface area contributed by atoms with Gasteiger partial charge in [-0.1, -0.05) is 210 Å². The number of amides is 1. The van der Waals surface area contributed by atoms with E-state index in [1.807, 2.05) is 6.08 Å². The molecule has 0 radical (unpaired) electrons. The van der Waals surface area contributed by atoms with Gasteiger partial charge in [-0.15, -0.1) is 0 Å². The van der Waals surface area contributed by atoms with Crippen LogP contribution in [-0.2, 0) is 4.79 Å². The van der Waals surface area contributed by atoms with Gasteiger partial charge in [0.05, 0.1) is 18.8 Å². The van der Waals surface area contributed by atoms with Crippen LogP contribution in [0, 0.1) is 0 Å². The molecular weight excluding hydrogens is 651 g/mol. The molecule has 0 aliphatic carbocycles. The Hall–Kier alpha value is -1.65. The van der Waals surface area contributed by atoms with E-state index >= 15 is 0 Å². The second-order valence-corrected chi connectivity index (χ2v) is 15.8. The summed E-state index contributed by atoms with van der Waals surface area (Å²) in [5.74, 6) is -0.0859. The van der Waals surface area contributed by atoms with Crippen LogP contribution in [0.1, 0.15) is 239 Å². The number of hydrogen-bond donors (Lipinski definition) is 3. The van der Waals surface area contributed by atoms with Crippen molar-refractivity contribution >= 4 is 5.91 Å². The Morgan fingerprint density at radius 3 is 1.09 bits per heavy atom. The number of rotatable bonds is 42. The molecule has 53 heavy (non-hydrogen) atoms. The maximum absolute atomic E-state index is 12.4. The molecule has 0 aromatic rings. The van der Waals surface area contributed by atoms with Gasteiger partial charge in [-0.2, -0.15) is 0 Å². The quantitative estimate of drug-likeness (QED) is 0.0431. The van der Waals surface area contributed by atoms with Crippen LogP contribution < -0.4 is 5.32 Å². The summed E-state index contributed by atoms with van der Waals surface area (Å²) in [7, 11) is 0. The molecule has 0 aliphatic rings. The van der Waals surface area contributed by atoms with Crippen molar-refractivity contribution in [2.75, 3.05) is 6.61 Å². The summed E-state index contributed by atoms with van der Waals surface area (Å²) in [5.41, 5.74) is 0. The van der Waals surface area contributed by atoms with E-state index in [0.29, 0.717) is 6.42 Å². The first kappa shape index (κ1) is 51.4. The third-order valence-corrected chi connectivity index (χ3v) is 10.5. The Labute approximate surface area is 331 Å². The van der Waals surface area contributed by atoms with Crippen LogP contribution in [0.5, 0.6) is 0 Å². The topological polar surface area (TPSA) is 69.6 Å². The molecule has 2 atom stereocenters. The first-order valence-corrected chi connectivity index (χ1v) is 23.4. The highest BCUT2D eigenvalue weighted by Gasteiger charge is 2.17. The molecule has 310 valence electrons. The lowest BCUT2D eigenvalue weighted by molar-refractivity contribution is -0.123. The minimum absolute atomic E-state index is 0.0859. The number of unbranched alkanes of at least 4 members (excludes halogenated alkanes) is 29. The van der Waals surface area contributed by atoms with E-state index in [-0.39, 0.29) is 12.5 Å². The van der Waals surface area contributed by atoms with Crippen molar-refractivity contribution in [3.8, 4) is 0 Å². The van der Waals surface area contributed by atoms with Gasteiger partial charge in [0.1, 0.15) is 0 Å². The van der Waals surface area contributed by atoms with Gasteiger partial charge in [-0.3, -0.25) is 4.79 Å². The first-order chi connectivity index (χ1) is 26.2. The van der Waals surface area contributed by atoms with Gasteiger partial charge in [-0.25, -0.2) is 0 Å². The smallest absolute Gasteiger partial charge is 0.220 e. The van der Waals surface area contributed by atoms with E-state index in [9.17, 15) is 15.0 Å². The molecular formula is C49H91NO3. The van der Waals surface area contributed by atoms with Gasteiger partial charge in [0.25, 0.3) is 0 Å². The normalized spacial score (nSPS) is 13.4. The van der Waals surface area contributed by atoms with Gasteiger partial charge in [0, 0.05) is 6.42 Å². The molecule has 0 bridgehead atoms. The summed E-state index contributed by atoms with van der Waals surface area (Å²) in [6.07, 6.45) is 60.9. The molecule has 0 heterocycles. The summed E-state index contributed by atoms with van der Waals surface area (Å²) in [5, 5.41) is 23.0. The van der Waals surface area contributed by atoms with E-state index in [1.165, 1.54) is 167 Å². The number of hydrogen-bond acceptors (Lipinski definition) is 3. The third-order valence-electron chi connectivity index (χ3n) is 10.5. The van der Waals surface area contributed by atoms with Gasteiger partial charge < -0.3 is 15.5 Å². The maximum atomic E-state index is 12.4. The van der Waals surface area contributed by atoms with Crippen molar-refractivity contribution in [3.63, 3.8) is 0 Å². The summed E-state index contributed by atoms with van der Waals surface area (Å²) >= 11 is 0. The predicted octanol–water partition coefficient (Wildman–Crippen LogP) is 14.7. The second kappa shape index (κ2) is 44.7. The molecule has 0 saturated heterocycles.